The van der Waals surface area contributed by atoms with E-state index in [9.17, 15) is 9.90 Å². The monoisotopic (exact) mass is 139 g/mol. The molecule has 1 atom stereocenters. The van der Waals surface area contributed by atoms with Crippen LogP contribution in [0.1, 0.15) is 13.8 Å². The maximum Gasteiger partial charge on any atom is 2.00 e. The summed E-state index contributed by atoms with van der Waals surface area (Å²) in [5.74, 6) is -1.44. The summed E-state index contributed by atoms with van der Waals surface area (Å²) in [5, 5.41) is 9.84. The minimum Gasteiger partial charge on any atom is -0.670 e. The molecule has 0 bridgehead atoms. The average molecular weight is 139 g/mol. The molecule has 0 aliphatic carbocycles. The Labute approximate surface area is 70.8 Å². The van der Waals surface area contributed by atoms with Gasteiger partial charge in [-0.2, -0.15) is 0 Å². The molecule has 0 fully saturated rings. The van der Waals surface area contributed by atoms with E-state index < -0.39 is 12.0 Å². The van der Waals surface area contributed by atoms with Gasteiger partial charge in [0.05, 0.1) is 0 Å². The molecular weight excluding hydrogens is 130 g/mol. The van der Waals surface area contributed by atoms with Crippen LogP contribution in [0.5, 0.6) is 0 Å². The fraction of sp³-hybridized carbons (Fsp3) is 0.800. The normalized spacial score (nSPS) is 12.4. The maximum absolute atomic E-state index is 9.84. The third kappa shape index (κ3) is 4.68. The Bertz CT molecular complexity index is 95.0. The number of rotatable bonds is 2. The van der Waals surface area contributed by atoms with Crippen molar-refractivity contribution in [2.24, 2.45) is 5.92 Å². The molecule has 0 aromatic rings. The summed E-state index contributed by atoms with van der Waals surface area (Å²) in [7, 11) is 0. The van der Waals surface area contributed by atoms with Gasteiger partial charge in [0.2, 0.25) is 0 Å². The Morgan fingerprint density at radius 1 is 1.56 bits per heavy atom. The zero-order chi connectivity index (χ0) is 6.73. The van der Waals surface area contributed by atoms with Crippen LogP contribution in [0, 0.1) is 5.92 Å². The third-order valence-electron chi connectivity index (χ3n) is 0.921. The number of hydrogen-bond donors (Lipinski definition) is 0. The smallest absolute Gasteiger partial charge is 0.670 e. The predicted octanol–water partition coefficient (Wildman–Crippen LogP) is -0.568. The van der Waals surface area contributed by atoms with Crippen molar-refractivity contribution in [3.8, 4) is 0 Å². The molecule has 0 saturated carbocycles. The van der Waals surface area contributed by atoms with Crippen LogP contribution in [0.2, 0.25) is 0 Å². The standard InChI is InChI=1S/C5H10NO2.Mg/c1-3(2)4(6)5(7)8;/h3-4,6H,1-2H3,(H,7,8);/q-1;+2/p-1. The number of carboxylic acids is 1. The first-order valence-electron chi connectivity index (χ1n) is 2.47. The minimum absolute atomic E-state index is 0. The summed E-state index contributed by atoms with van der Waals surface area (Å²) in [6, 6.07) is -1.07. The van der Waals surface area contributed by atoms with Gasteiger partial charge < -0.3 is 15.6 Å². The van der Waals surface area contributed by atoms with Gasteiger partial charge >= 0.3 is 23.1 Å². The zero-order valence-electron chi connectivity index (χ0n) is 5.68. The Kier molecular flexibility index (Phi) is 6.65. The van der Waals surface area contributed by atoms with E-state index in [1.54, 1.807) is 13.8 Å². The molecular formula is C5H9MgNO2. The zero-order valence-corrected chi connectivity index (χ0v) is 7.09. The van der Waals surface area contributed by atoms with E-state index in [0.29, 0.717) is 0 Å². The molecule has 0 aliphatic heterocycles. The van der Waals surface area contributed by atoms with Crippen molar-refractivity contribution >= 4 is 29.0 Å². The number of aliphatic carboxylic acids is 1. The minimum atomic E-state index is -1.29. The van der Waals surface area contributed by atoms with Crippen molar-refractivity contribution in [1.82, 2.24) is 0 Å². The Balaban J connectivity index is 0. The second kappa shape index (κ2) is 5.02. The van der Waals surface area contributed by atoms with Crippen LogP contribution < -0.4 is 5.11 Å². The van der Waals surface area contributed by atoms with E-state index in [-0.39, 0.29) is 29.0 Å². The van der Waals surface area contributed by atoms with Crippen molar-refractivity contribution in [3.05, 3.63) is 5.73 Å². The van der Waals surface area contributed by atoms with Crippen molar-refractivity contribution in [2.45, 2.75) is 19.9 Å². The molecule has 1 unspecified atom stereocenters. The van der Waals surface area contributed by atoms with E-state index >= 15 is 0 Å². The Morgan fingerprint density at radius 2 is 1.89 bits per heavy atom. The fourth-order valence-electron chi connectivity index (χ4n) is 0.272. The van der Waals surface area contributed by atoms with E-state index in [1.807, 2.05) is 0 Å². The maximum atomic E-state index is 9.84. The largest absolute Gasteiger partial charge is 2.00 e. The number of nitrogens with one attached hydrogen (secondary N) is 1. The topological polar surface area (TPSA) is 63.9 Å². The Hall–Kier alpha value is 0.196. The third-order valence-corrected chi connectivity index (χ3v) is 0.921. The first-order valence-corrected chi connectivity index (χ1v) is 2.47. The number of carbonyl (C=O) groups excluding carboxylic acids is 1. The summed E-state index contributed by atoms with van der Waals surface area (Å²) in [6.45, 7) is 3.35. The molecule has 0 aliphatic rings. The molecule has 9 heavy (non-hydrogen) atoms. The molecule has 0 aromatic heterocycles. The summed E-state index contributed by atoms with van der Waals surface area (Å²) in [6.07, 6.45) is 0. The molecule has 0 heterocycles. The molecule has 0 saturated heterocycles. The van der Waals surface area contributed by atoms with Crippen LogP contribution in [0.3, 0.4) is 0 Å². The average Bonchev–Trinajstić information content (AvgIpc) is 1.64. The summed E-state index contributed by atoms with van der Waals surface area (Å²) in [5.41, 5.74) is 6.82. The van der Waals surface area contributed by atoms with Gasteiger partial charge in [-0.25, -0.2) is 0 Å². The van der Waals surface area contributed by atoms with Gasteiger partial charge in [0.25, 0.3) is 0 Å². The molecule has 4 heteroatoms. The van der Waals surface area contributed by atoms with Crippen molar-refractivity contribution in [2.75, 3.05) is 0 Å². The van der Waals surface area contributed by atoms with Crippen LogP contribution in [0.15, 0.2) is 0 Å². The number of carbonyl (C=O) groups is 1. The van der Waals surface area contributed by atoms with Gasteiger partial charge in [-0.1, -0.05) is 25.8 Å². The number of carboxylic acid groups (broad SMARTS) is 1. The van der Waals surface area contributed by atoms with Crippen molar-refractivity contribution < 1.29 is 9.90 Å². The summed E-state index contributed by atoms with van der Waals surface area (Å²) >= 11 is 0. The van der Waals surface area contributed by atoms with Gasteiger partial charge in [-0.15, -0.1) is 0 Å². The molecule has 0 spiro atoms. The molecule has 0 rings (SSSR count). The van der Waals surface area contributed by atoms with Crippen LogP contribution >= 0.6 is 0 Å². The first-order chi connectivity index (χ1) is 3.55. The van der Waals surface area contributed by atoms with Crippen LogP contribution in [-0.2, 0) is 4.79 Å². The molecule has 0 radical (unpaired) electrons. The van der Waals surface area contributed by atoms with Crippen LogP contribution in [0.25, 0.3) is 5.73 Å². The van der Waals surface area contributed by atoms with Gasteiger partial charge in [0.15, 0.2) is 0 Å². The molecule has 0 aromatic carbocycles. The predicted molar refractivity (Wildman–Crippen MR) is 33.7 cm³/mol. The van der Waals surface area contributed by atoms with Crippen LogP contribution in [-0.4, -0.2) is 35.1 Å². The van der Waals surface area contributed by atoms with Crippen molar-refractivity contribution in [3.63, 3.8) is 0 Å². The van der Waals surface area contributed by atoms with E-state index in [4.69, 9.17) is 5.73 Å². The van der Waals surface area contributed by atoms with Gasteiger partial charge in [-0.3, -0.25) is 0 Å². The van der Waals surface area contributed by atoms with E-state index in [1.165, 1.54) is 0 Å². The van der Waals surface area contributed by atoms with Gasteiger partial charge in [0, 0.05) is 5.97 Å². The molecule has 0 amide bonds. The van der Waals surface area contributed by atoms with Crippen LogP contribution in [0.4, 0.5) is 0 Å². The van der Waals surface area contributed by atoms with Gasteiger partial charge in [0.1, 0.15) is 0 Å². The first kappa shape index (κ1) is 11.9. The number of hydrogen-bond acceptors (Lipinski definition) is 2. The Morgan fingerprint density at radius 3 is 1.89 bits per heavy atom. The van der Waals surface area contributed by atoms with E-state index in [0.717, 1.165) is 0 Å². The SMILES string of the molecule is CC(C)C([NH-])C(=O)[O-].[Mg+2]. The summed E-state index contributed by atoms with van der Waals surface area (Å²) in [4.78, 5) is 9.84. The van der Waals surface area contributed by atoms with Crippen molar-refractivity contribution in [1.29, 1.82) is 0 Å². The second-order valence-corrected chi connectivity index (χ2v) is 2.04. The molecule has 48 valence electrons. The summed E-state index contributed by atoms with van der Waals surface area (Å²) < 4.78 is 0. The van der Waals surface area contributed by atoms with E-state index in [2.05, 4.69) is 0 Å². The fourth-order valence-corrected chi connectivity index (χ4v) is 0.272. The molecule has 3 nitrogen and oxygen atoms in total. The second-order valence-electron chi connectivity index (χ2n) is 2.04. The molecule has 1 N–H and O–H groups in total. The van der Waals surface area contributed by atoms with Gasteiger partial charge in [-0.05, 0) is 0 Å². The quantitative estimate of drug-likeness (QED) is 0.481.